The van der Waals surface area contributed by atoms with Crippen LogP contribution in [0.4, 0.5) is 0 Å². The van der Waals surface area contributed by atoms with Crippen molar-refractivity contribution in [2.45, 2.75) is 0 Å². The summed E-state index contributed by atoms with van der Waals surface area (Å²) in [4.78, 5) is 23.4. The molecule has 15 heavy (non-hydrogen) atoms. The van der Waals surface area contributed by atoms with Crippen molar-refractivity contribution in [3.05, 3.63) is 0 Å². The van der Waals surface area contributed by atoms with E-state index in [4.69, 9.17) is 14.9 Å². The molecule has 1 aliphatic rings. The van der Waals surface area contributed by atoms with Gasteiger partial charge in [-0.15, -0.1) is 0 Å². The lowest BCUT2D eigenvalue weighted by atomic mass is 9.97. The van der Waals surface area contributed by atoms with E-state index in [2.05, 4.69) is 0 Å². The highest BCUT2D eigenvalue weighted by Gasteiger charge is 2.41. The SMILES string of the molecule is COCCN1C[C@H](C(=O)O)[C@@H](C(=O)O)C1. The van der Waals surface area contributed by atoms with E-state index in [9.17, 15) is 9.59 Å². The highest BCUT2D eigenvalue weighted by atomic mass is 16.5. The van der Waals surface area contributed by atoms with Crippen LogP contribution in [0.1, 0.15) is 0 Å². The number of carboxylic acid groups (broad SMARTS) is 2. The van der Waals surface area contributed by atoms with Crippen molar-refractivity contribution in [1.82, 2.24) is 4.90 Å². The number of carbonyl (C=O) groups is 2. The van der Waals surface area contributed by atoms with E-state index in [1.54, 1.807) is 12.0 Å². The van der Waals surface area contributed by atoms with Crippen LogP contribution in [0.3, 0.4) is 0 Å². The predicted molar refractivity (Wildman–Crippen MR) is 50.6 cm³/mol. The number of nitrogens with zero attached hydrogens (tertiary/aromatic N) is 1. The zero-order valence-corrected chi connectivity index (χ0v) is 8.55. The smallest absolute Gasteiger partial charge is 0.308 e. The molecule has 1 aliphatic heterocycles. The number of rotatable bonds is 5. The molecule has 1 fully saturated rings. The largest absolute Gasteiger partial charge is 0.481 e. The van der Waals surface area contributed by atoms with Gasteiger partial charge in [0.2, 0.25) is 0 Å². The van der Waals surface area contributed by atoms with Gasteiger partial charge in [0, 0.05) is 26.7 Å². The van der Waals surface area contributed by atoms with Crippen LogP contribution in [0.2, 0.25) is 0 Å². The first-order valence-electron chi connectivity index (χ1n) is 4.73. The van der Waals surface area contributed by atoms with Gasteiger partial charge in [0.1, 0.15) is 0 Å². The first kappa shape index (κ1) is 11.9. The summed E-state index contributed by atoms with van der Waals surface area (Å²) in [5.74, 6) is -3.69. The molecule has 0 spiro atoms. The molecule has 6 heteroatoms. The number of methoxy groups -OCH3 is 1. The maximum Gasteiger partial charge on any atom is 0.308 e. The van der Waals surface area contributed by atoms with E-state index in [0.717, 1.165) is 0 Å². The molecule has 1 rings (SSSR count). The zero-order valence-electron chi connectivity index (χ0n) is 8.55. The van der Waals surface area contributed by atoms with E-state index >= 15 is 0 Å². The third kappa shape index (κ3) is 2.90. The van der Waals surface area contributed by atoms with Gasteiger partial charge < -0.3 is 14.9 Å². The molecular weight excluding hydrogens is 202 g/mol. The van der Waals surface area contributed by atoms with Crippen molar-refractivity contribution in [2.24, 2.45) is 11.8 Å². The van der Waals surface area contributed by atoms with E-state index in [1.807, 2.05) is 0 Å². The van der Waals surface area contributed by atoms with Crippen molar-refractivity contribution in [3.63, 3.8) is 0 Å². The third-order valence-corrected chi connectivity index (χ3v) is 2.64. The summed E-state index contributed by atoms with van der Waals surface area (Å²) in [6.07, 6.45) is 0. The molecule has 0 amide bonds. The van der Waals surface area contributed by atoms with Gasteiger partial charge in [-0.05, 0) is 0 Å². The molecule has 86 valence electrons. The maximum atomic E-state index is 10.8. The van der Waals surface area contributed by atoms with Crippen LogP contribution in [-0.4, -0.2) is 60.4 Å². The van der Waals surface area contributed by atoms with Gasteiger partial charge in [-0.25, -0.2) is 0 Å². The summed E-state index contributed by atoms with van der Waals surface area (Å²) in [5, 5.41) is 17.7. The van der Waals surface area contributed by atoms with Crippen molar-refractivity contribution in [3.8, 4) is 0 Å². The topological polar surface area (TPSA) is 87.1 Å². The highest BCUT2D eigenvalue weighted by Crippen LogP contribution is 2.23. The Morgan fingerprint density at radius 3 is 2.07 bits per heavy atom. The Labute approximate surface area is 87.4 Å². The molecule has 0 aromatic heterocycles. The van der Waals surface area contributed by atoms with Crippen molar-refractivity contribution >= 4 is 11.9 Å². The van der Waals surface area contributed by atoms with Crippen LogP contribution in [0.15, 0.2) is 0 Å². The summed E-state index contributed by atoms with van der Waals surface area (Å²) in [5.41, 5.74) is 0. The molecule has 0 radical (unpaired) electrons. The fourth-order valence-electron chi connectivity index (χ4n) is 1.79. The molecule has 0 aliphatic carbocycles. The average molecular weight is 217 g/mol. The molecule has 0 aromatic rings. The zero-order chi connectivity index (χ0) is 11.4. The van der Waals surface area contributed by atoms with E-state index < -0.39 is 23.8 Å². The lowest BCUT2D eigenvalue weighted by Gasteiger charge is -2.13. The number of carboxylic acids is 2. The quantitative estimate of drug-likeness (QED) is 0.636. The molecule has 0 unspecified atom stereocenters. The first-order chi connectivity index (χ1) is 7.06. The number of likely N-dealkylation sites (tertiary alicyclic amines) is 1. The molecule has 1 saturated heterocycles. The second-order valence-corrected chi connectivity index (χ2v) is 3.64. The molecule has 0 bridgehead atoms. The monoisotopic (exact) mass is 217 g/mol. The number of ether oxygens (including phenoxy) is 1. The second kappa shape index (κ2) is 5.09. The molecular formula is C9H15NO5. The molecule has 0 aromatic carbocycles. The Morgan fingerprint density at radius 2 is 1.73 bits per heavy atom. The molecule has 2 N–H and O–H groups in total. The molecule has 0 saturated carbocycles. The van der Waals surface area contributed by atoms with E-state index in [0.29, 0.717) is 13.2 Å². The minimum Gasteiger partial charge on any atom is -0.481 e. The lowest BCUT2D eigenvalue weighted by Crippen LogP contribution is -2.28. The number of hydrogen-bond donors (Lipinski definition) is 2. The third-order valence-electron chi connectivity index (χ3n) is 2.64. The Morgan fingerprint density at radius 1 is 1.27 bits per heavy atom. The lowest BCUT2D eigenvalue weighted by molar-refractivity contribution is -0.151. The molecule has 1 heterocycles. The normalized spacial score (nSPS) is 26.7. The average Bonchev–Trinajstić information content (AvgIpc) is 2.58. The van der Waals surface area contributed by atoms with Gasteiger partial charge in [-0.2, -0.15) is 0 Å². The standard InChI is InChI=1S/C9H15NO5/c1-15-3-2-10-4-6(8(11)12)7(5-10)9(13)14/h6-7H,2-5H2,1H3,(H,11,12)(H,13,14)/t6-,7-/m0/s1. The van der Waals surface area contributed by atoms with Gasteiger partial charge in [0.05, 0.1) is 18.4 Å². The van der Waals surface area contributed by atoms with Crippen LogP contribution in [0.5, 0.6) is 0 Å². The minimum atomic E-state index is -1.04. The van der Waals surface area contributed by atoms with Crippen molar-refractivity contribution < 1.29 is 24.5 Å². The van der Waals surface area contributed by atoms with Crippen LogP contribution in [0, 0.1) is 11.8 Å². The van der Waals surface area contributed by atoms with Crippen LogP contribution >= 0.6 is 0 Å². The Kier molecular flexibility index (Phi) is 4.05. The number of hydrogen-bond acceptors (Lipinski definition) is 4. The molecule has 6 nitrogen and oxygen atoms in total. The van der Waals surface area contributed by atoms with Gasteiger partial charge in [0.15, 0.2) is 0 Å². The minimum absolute atomic E-state index is 0.287. The van der Waals surface area contributed by atoms with Crippen molar-refractivity contribution in [1.29, 1.82) is 0 Å². The Balaban J connectivity index is 2.57. The van der Waals surface area contributed by atoms with Crippen LogP contribution < -0.4 is 0 Å². The van der Waals surface area contributed by atoms with Gasteiger partial charge in [0.25, 0.3) is 0 Å². The first-order valence-corrected chi connectivity index (χ1v) is 4.73. The van der Waals surface area contributed by atoms with Crippen LogP contribution in [-0.2, 0) is 14.3 Å². The van der Waals surface area contributed by atoms with Gasteiger partial charge >= 0.3 is 11.9 Å². The van der Waals surface area contributed by atoms with Crippen molar-refractivity contribution in [2.75, 3.05) is 33.4 Å². The van der Waals surface area contributed by atoms with E-state index in [-0.39, 0.29) is 13.1 Å². The fraction of sp³-hybridized carbons (Fsp3) is 0.778. The van der Waals surface area contributed by atoms with E-state index in [1.165, 1.54) is 0 Å². The summed E-state index contributed by atoms with van der Waals surface area (Å²) in [6.45, 7) is 1.63. The van der Waals surface area contributed by atoms with Gasteiger partial charge in [-0.1, -0.05) is 0 Å². The summed E-state index contributed by atoms with van der Waals surface area (Å²) >= 11 is 0. The Bertz CT molecular complexity index is 233. The Hall–Kier alpha value is -1.14. The fourth-order valence-corrected chi connectivity index (χ4v) is 1.79. The summed E-state index contributed by atoms with van der Waals surface area (Å²) in [7, 11) is 1.55. The second-order valence-electron chi connectivity index (χ2n) is 3.64. The predicted octanol–water partition coefficient (Wildman–Crippen LogP) is -0.650. The highest BCUT2D eigenvalue weighted by molar-refractivity contribution is 5.81. The molecule has 2 atom stereocenters. The summed E-state index contributed by atoms with van der Waals surface area (Å²) in [6, 6.07) is 0. The maximum absolute atomic E-state index is 10.8. The van der Waals surface area contributed by atoms with Crippen LogP contribution in [0.25, 0.3) is 0 Å². The summed E-state index contributed by atoms with van der Waals surface area (Å²) < 4.78 is 4.86. The number of aliphatic carboxylic acids is 2. The van der Waals surface area contributed by atoms with Gasteiger partial charge in [-0.3, -0.25) is 14.5 Å².